The first kappa shape index (κ1) is 20.6. The number of benzene rings is 1. The lowest BCUT2D eigenvalue weighted by Crippen LogP contribution is -2.53. The largest absolute Gasteiger partial charge is 0.341 e. The summed E-state index contributed by atoms with van der Waals surface area (Å²) in [6.07, 6.45) is 4.81. The van der Waals surface area contributed by atoms with Gasteiger partial charge in [-0.1, -0.05) is 13.8 Å². The number of amides is 2. The summed E-state index contributed by atoms with van der Waals surface area (Å²) in [5, 5.41) is 4.21. The zero-order chi connectivity index (χ0) is 21.1. The fourth-order valence-electron chi connectivity index (χ4n) is 4.63. The Morgan fingerprint density at radius 1 is 0.967 bits per heavy atom. The van der Waals surface area contributed by atoms with E-state index in [4.69, 9.17) is 0 Å². The van der Waals surface area contributed by atoms with Crippen molar-refractivity contribution in [2.24, 2.45) is 11.8 Å². The molecule has 3 heterocycles. The number of likely N-dealkylation sites (tertiary alicyclic amines) is 1. The van der Waals surface area contributed by atoms with E-state index in [0.717, 1.165) is 31.9 Å². The SMILES string of the molecule is CC1CC(C)CN(C(=O)CN2CCN(C(=O)c3ccc(-n4cccn4)cc3)CC2)C1. The summed E-state index contributed by atoms with van der Waals surface area (Å²) in [5.41, 5.74) is 1.62. The average Bonchev–Trinajstić information content (AvgIpc) is 3.28. The molecule has 0 radical (unpaired) electrons. The highest BCUT2D eigenvalue weighted by Gasteiger charge is 2.28. The van der Waals surface area contributed by atoms with E-state index in [0.29, 0.717) is 37.0 Å². The number of nitrogens with zero attached hydrogens (tertiary/aromatic N) is 5. The molecule has 160 valence electrons. The van der Waals surface area contributed by atoms with Gasteiger partial charge in [-0.05, 0) is 48.6 Å². The van der Waals surface area contributed by atoms with Gasteiger partial charge in [0.05, 0.1) is 12.2 Å². The first-order valence-electron chi connectivity index (χ1n) is 10.9. The van der Waals surface area contributed by atoms with Crippen molar-refractivity contribution in [2.45, 2.75) is 20.3 Å². The molecule has 0 saturated carbocycles. The predicted octanol–water partition coefficient (Wildman–Crippen LogP) is 2.13. The van der Waals surface area contributed by atoms with Gasteiger partial charge in [0.2, 0.25) is 5.91 Å². The number of piperazine rings is 1. The molecular weight excluding hydrogens is 378 g/mol. The second-order valence-electron chi connectivity index (χ2n) is 8.81. The van der Waals surface area contributed by atoms with Gasteiger partial charge in [0.1, 0.15) is 0 Å². The lowest BCUT2D eigenvalue weighted by atomic mass is 9.92. The van der Waals surface area contributed by atoms with Crippen LogP contribution in [0.1, 0.15) is 30.6 Å². The normalized spacial score (nSPS) is 22.9. The monoisotopic (exact) mass is 409 g/mol. The lowest BCUT2D eigenvalue weighted by molar-refractivity contribution is -0.135. The molecule has 2 fully saturated rings. The van der Waals surface area contributed by atoms with Gasteiger partial charge in [0.15, 0.2) is 0 Å². The van der Waals surface area contributed by atoms with Crippen LogP contribution in [0.5, 0.6) is 0 Å². The molecule has 4 rings (SSSR count). The van der Waals surface area contributed by atoms with Crippen molar-refractivity contribution in [3.63, 3.8) is 0 Å². The van der Waals surface area contributed by atoms with Gasteiger partial charge >= 0.3 is 0 Å². The van der Waals surface area contributed by atoms with Gasteiger partial charge in [0, 0.05) is 57.2 Å². The molecule has 0 spiro atoms. The highest BCUT2D eigenvalue weighted by molar-refractivity contribution is 5.94. The Balaban J connectivity index is 1.28. The molecule has 2 unspecified atom stereocenters. The third-order valence-electron chi connectivity index (χ3n) is 6.12. The first-order valence-corrected chi connectivity index (χ1v) is 10.9. The van der Waals surface area contributed by atoms with Crippen molar-refractivity contribution in [3.05, 3.63) is 48.3 Å². The smallest absolute Gasteiger partial charge is 0.253 e. The number of hydrogen-bond acceptors (Lipinski definition) is 4. The quantitative estimate of drug-likeness (QED) is 0.776. The zero-order valence-electron chi connectivity index (χ0n) is 17.9. The van der Waals surface area contributed by atoms with Crippen LogP contribution in [-0.2, 0) is 4.79 Å². The Morgan fingerprint density at radius 3 is 2.23 bits per heavy atom. The minimum absolute atomic E-state index is 0.0478. The van der Waals surface area contributed by atoms with Gasteiger partial charge in [-0.3, -0.25) is 14.5 Å². The van der Waals surface area contributed by atoms with Gasteiger partial charge in [0.25, 0.3) is 5.91 Å². The minimum Gasteiger partial charge on any atom is -0.341 e. The minimum atomic E-state index is 0.0478. The van der Waals surface area contributed by atoms with Crippen LogP contribution in [-0.4, -0.2) is 82.1 Å². The Morgan fingerprint density at radius 2 is 1.63 bits per heavy atom. The second kappa shape index (κ2) is 9.00. The highest BCUT2D eigenvalue weighted by Crippen LogP contribution is 2.21. The Labute approximate surface area is 178 Å². The van der Waals surface area contributed by atoms with Crippen LogP contribution in [0, 0.1) is 11.8 Å². The summed E-state index contributed by atoms with van der Waals surface area (Å²) in [6.45, 7) is 9.43. The van der Waals surface area contributed by atoms with Crippen LogP contribution in [0.2, 0.25) is 0 Å². The van der Waals surface area contributed by atoms with E-state index in [2.05, 4.69) is 23.8 Å². The Kier molecular flexibility index (Phi) is 6.18. The molecule has 1 aromatic carbocycles. The Hall–Kier alpha value is -2.67. The van der Waals surface area contributed by atoms with Crippen molar-refractivity contribution in [2.75, 3.05) is 45.8 Å². The van der Waals surface area contributed by atoms with Gasteiger partial charge in [-0.25, -0.2) is 4.68 Å². The van der Waals surface area contributed by atoms with Crippen LogP contribution in [0.15, 0.2) is 42.7 Å². The topological polar surface area (TPSA) is 61.7 Å². The average molecular weight is 410 g/mol. The van der Waals surface area contributed by atoms with E-state index in [9.17, 15) is 9.59 Å². The van der Waals surface area contributed by atoms with Crippen LogP contribution in [0.4, 0.5) is 0 Å². The molecule has 2 amide bonds. The molecule has 2 aliphatic rings. The van der Waals surface area contributed by atoms with E-state index in [1.54, 1.807) is 10.9 Å². The zero-order valence-corrected chi connectivity index (χ0v) is 17.9. The lowest BCUT2D eigenvalue weighted by Gasteiger charge is -2.38. The summed E-state index contributed by atoms with van der Waals surface area (Å²) in [6, 6.07) is 9.41. The van der Waals surface area contributed by atoms with Crippen LogP contribution in [0.25, 0.3) is 5.69 Å². The molecule has 2 aliphatic heterocycles. The number of rotatable bonds is 4. The van der Waals surface area contributed by atoms with Crippen molar-refractivity contribution in [3.8, 4) is 5.69 Å². The van der Waals surface area contributed by atoms with E-state index >= 15 is 0 Å². The molecule has 0 aliphatic carbocycles. The molecule has 0 N–H and O–H groups in total. The number of carbonyl (C=O) groups is 2. The Bertz CT molecular complexity index is 846. The van der Waals surface area contributed by atoms with Crippen LogP contribution < -0.4 is 0 Å². The number of aromatic nitrogens is 2. The molecule has 2 atom stereocenters. The predicted molar refractivity (Wildman–Crippen MR) is 115 cm³/mol. The second-order valence-corrected chi connectivity index (χ2v) is 8.81. The van der Waals surface area contributed by atoms with Crippen molar-refractivity contribution >= 4 is 11.8 Å². The van der Waals surface area contributed by atoms with Crippen LogP contribution in [0.3, 0.4) is 0 Å². The van der Waals surface area contributed by atoms with Crippen molar-refractivity contribution in [1.82, 2.24) is 24.5 Å². The third-order valence-corrected chi connectivity index (χ3v) is 6.12. The van der Waals surface area contributed by atoms with E-state index in [-0.39, 0.29) is 11.8 Å². The number of piperidine rings is 1. The fourth-order valence-corrected chi connectivity index (χ4v) is 4.63. The molecule has 0 bridgehead atoms. The summed E-state index contributed by atoms with van der Waals surface area (Å²) < 4.78 is 1.77. The number of hydrogen-bond donors (Lipinski definition) is 0. The van der Waals surface area contributed by atoms with Gasteiger partial charge in [-0.2, -0.15) is 5.10 Å². The van der Waals surface area contributed by atoms with Gasteiger partial charge in [-0.15, -0.1) is 0 Å². The fraction of sp³-hybridized carbons (Fsp3) is 0.522. The summed E-state index contributed by atoms with van der Waals surface area (Å²) in [4.78, 5) is 31.7. The molecule has 7 heteroatoms. The van der Waals surface area contributed by atoms with Gasteiger partial charge < -0.3 is 9.80 Å². The summed E-state index contributed by atoms with van der Waals surface area (Å²) in [7, 11) is 0. The summed E-state index contributed by atoms with van der Waals surface area (Å²) in [5.74, 6) is 1.42. The third kappa shape index (κ3) is 4.73. The summed E-state index contributed by atoms with van der Waals surface area (Å²) >= 11 is 0. The van der Waals surface area contributed by atoms with Crippen molar-refractivity contribution in [1.29, 1.82) is 0 Å². The molecule has 30 heavy (non-hydrogen) atoms. The standard InChI is InChI=1S/C23H31N5O2/c1-18-14-19(2)16-27(15-18)22(29)17-25-10-12-26(13-11-25)23(30)20-4-6-21(7-5-20)28-9-3-8-24-28/h3-9,18-19H,10-17H2,1-2H3. The molecule has 7 nitrogen and oxygen atoms in total. The number of carbonyl (C=O) groups excluding carboxylic acids is 2. The molecular formula is C23H31N5O2. The maximum absolute atomic E-state index is 12.9. The van der Waals surface area contributed by atoms with Crippen LogP contribution >= 0.6 is 0 Å². The maximum Gasteiger partial charge on any atom is 0.253 e. The first-order chi connectivity index (χ1) is 14.5. The molecule has 1 aromatic heterocycles. The van der Waals surface area contributed by atoms with E-state index < -0.39 is 0 Å². The molecule has 2 aromatic rings. The van der Waals surface area contributed by atoms with E-state index in [1.165, 1.54) is 6.42 Å². The maximum atomic E-state index is 12.9. The van der Waals surface area contributed by atoms with E-state index in [1.807, 2.05) is 46.3 Å². The molecule has 2 saturated heterocycles. The van der Waals surface area contributed by atoms with Crippen molar-refractivity contribution < 1.29 is 9.59 Å². The highest BCUT2D eigenvalue weighted by atomic mass is 16.2.